The van der Waals surface area contributed by atoms with E-state index in [1.54, 1.807) is 11.3 Å². The Morgan fingerprint density at radius 2 is 0.489 bits per heavy atom. The van der Waals surface area contributed by atoms with Gasteiger partial charge in [-0.25, -0.2) is 29.9 Å². The zero-order chi connectivity index (χ0) is 92.5. The summed E-state index contributed by atoms with van der Waals surface area (Å²) in [6, 6.07) is 128. The topological polar surface area (TPSA) is 132 Å². The van der Waals surface area contributed by atoms with Gasteiger partial charge in [-0.05, 0) is 122 Å². The van der Waals surface area contributed by atoms with Crippen LogP contribution in [-0.2, 0) is 0 Å². The van der Waals surface area contributed by atoms with Crippen molar-refractivity contribution < 1.29 is 20.1 Å². The Morgan fingerprint density at radius 1 is 0.215 bits per heavy atom. The molecule has 0 atom stereocenters. The monoisotopic (exact) mass is 1780 g/mol. The number of hydrogen-bond acceptors (Lipinski definition) is 12. The Hall–Kier alpha value is -17.3. The molecule has 15 heteroatoms. The predicted molar refractivity (Wildman–Crippen MR) is 564 cm³/mol. The van der Waals surface area contributed by atoms with Crippen LogP contribution < -0.4 is 0 Å². The number of aromatic nitrogens is 9. The fourth-order valence-corrected chi connectivity index (χ4v) is 24.8. The SMILES string of the molecule is [2H]c1c([2H])c([2H])c(-c2nc(-n3c4ccccc4c4c5ccccc5c5c6ccccc6sc5c43)nc3c2oc2ccccc23)c([2H])c1[2H].c1ccc(-c2cccc(-c3nc(-n4c5ccccc5c5c6ccccc6c6c7ccccc7sc6c54)nc4c3oc3ccccc34)c2)cc1.c1ccc(-c2nc(-n3c4ccccc4c4c5ccccc5c5c6ccccc6sc5c43)nc3c2oc2ccccc23)cc1. The zero-order valence-corrected chi connectivity index (χ0v) is 73.7. The summed E-state index contributed by atoms with van der Waals surface area (Å²) in [4.78, 5) is 31.7. The zero-order valence-electron chi connectivity index (χ0n) is 76.3. The van der Waals surface area contributed by atoms with E-state index in [1.165, 1.54) is 93.5 Å². The highest BCUT2D eigenvalue weighted by atomic mass is 32.1. The summed E-state index contributed by atoms with van der Waals surface area (Å²) in [5, 5.41) is 24.3. The lowest BCUT2D eigenvalue weighted by Crippen LogP contribution is -2.03. The quantitative estimate of drug-likeness (QED) is 0.153. The lowest BCUT2D eigenvalue weighted by Gasteiger charge is -2.11. The Kier molecular flexibility index (Phi) is 15.5. The number of para-hydroxylation sites is 6. The highest BCUT2D eigenvalue weighted by Crippen LogP contribution is 2.54. The number of fused-ring (bicyclic) bond motifs is 39. The molecule has 12 aromatic heterocycles. The van der Waals surface area contributed by atoms with Crippen molar-refractivity contribution in [3.05, 3.63) is 406 Å². The first-order chi connectivity index (χ1) is 69.1. The first-order valence-corrected chi connectivity index (χ1v) is 47.2. The molecule has 0 bridgehead atoms. The second-order valence-electron chi connectivity index (χ2n) is 34.0. The third-order valence-electron chi connectivity index (χ3n) is 26.7. The minimum Gasteiger partial charge on any atom is -0.452 e. The van der Waals surface area contributed by atoms with Crippen molar-refractivity contribution in [3.8, 4) is 62.7 Å². The number of nitrogens with zero attached hydrogens (tertiary/aromatic N) is 9. The summed E-state index contributed by atoms with van der Waals surface area (Å²) < 4.78 is 76.0. The van der Waals surface area contributed by atoms with E-state index in [9.17, 15) is 0 Å². The van der Waals surface area contributed by atoms with Crippen molar-refractivity contribution >= 4 is 258 Å². The Labute approximate surface area is 785 Å². The third kappa shape index (κ3) is 11.3. The average molecular weight is 1780 g/mol. The molecule has 0 saturated carbocycles. The van der Waals surface area contributed by atoms with E-state index in [-0.39, 0.29) is 28.9 Å². The molecule has 12 nitrogen and oxygen atoms in total. The highest BCUT2D eigenvalue weighted by Gasteiger charge is 2.31. The van der Waals surface area contributed by atoms with Gasteiger partial charge in [0.2, 0.25) is 17.8 Å². The first-order valence-electron chi connectivity index (χ1n) is 47.2. The van der Waals surface area contributed by atoms with Crippen LogP contribution in [0.25, 0.3) is 287 Å². The average Bonchev–Trinajstić information content (AvgIpc) is 1.54. The molecule has 0 spiro atoms. The van der Waals surface area contributed by atoms with Crippen molar-refractivity contribution in [1.82, 2.24) is 43.6 Å². The van der Waals surface area contributed by atoms with Crippen LogP contribution in [0, 0.1) is 0 Å². The van der Waals surface area contributed by atoms with E-state index in [4.69, 9.17) is 50.0 Å². The molecule has 0 N–H and O–H groups in total. The largest absolute Gasteiger partial charge is 0.452 e. The van der Waals surface area contributed by atoms with Crippen molar-refractivity contribution in [2.24, 2.45) is 0 Å². The van der Waals surface area contributed by atoms with E-state index in [2.05, 4.69) is 293 Å². The lowest BCUT2D eigenvalue weighted by atomic mass is 9.99. The Balaban J connectivity index is 0.000000101. The van der Waals surface area contributed by atoms with Crippen LogP contribution in [0.3, 0.4) is 0 Å². The van der Waals surface area contributed by atoms with Crippen LogP contribution in [0.15, 0.2) is 420 Å². The summed E-state index contributed by atoms with van der Waals surface area (Å²) in [7, 11) is 0. The predicted octanol–water partition coefficient (Wildman–Crippen LogP) is 33.7. The molecule has 0 radical (unpaired) electrons. The number of benzene rings is 19. The summed E-state index contributed by atoms with van der Waals surface area (Å²) in [6.45, 7) is 0. The van der Waals surface area contributed by atoms with Crippen LogP contribution in [0.2, 0.25) is 0 Å². The van der Waals surface area contributed by atoms with Crippen molar-refractivity contribution in [2.75, 3.05) is 0 Å². The van der Waals surface area contributed by atoms with E-state index in [0.717, 1.165) is 137 Å². The van der Waals surface area contributed by atoms with Crippen molar-refractivity contribution in [2.45, 2.75) is 0 Å². The van der Waals surface area contributed by atoms with E-state index >= 15 is 0 Å². The summed E-state index contributed by atoms with van der Waals surface area (Å²) in [5.41, 5.74) is 18.1. The second kappa shape index (κ2) is 29.6. The molecule has 19 aromatic carbocycles. The molecule has 0 unspecified atom stereocenters. The molecular weight excluding hydrogens is 1710 g/mol. The van der Waals surface area contributed by atoms with Gasteiger partial charge in [0, 0.05) is 112 Å². The molecule has 0 saturated heterocycles. The molecule has 628 valence electrons. The van der Waals surface area contributed by atoms with Crippen LogP contribution in [-0.4, -0.2) is 43.6 Å². The van der Waals surface area contributed by atoms with Crippen molar-refractivity contribution in [3.63, 3.8) is 0 Å². The molecular formula is C120H67N9O3S3. The lowest BCUT2D eigenvalue weighted by molar-refractivity contribution is 0.666. The van der Waals surface area contributed by atoms with Gasteiger partial charge >= 0.3 is 0 Å². The third-order valence-corrected chi connectivity index (χ3v) is 30.2. The number of rotatable bonds is 7. The fraction of sp³-hybridized carbons (Fsp3) is 0. The van der Waals surface area contributed by atoms with Gasteiger partial charge in [-0.2, -0.15) is 0 Å². The van der Waals surface area contributed by atoms with Crippen LogP contribution >= 0.6 is 34.0 Å². The maximum Gasteiger partial charge on any atom is 0.236 e. The molecule has 0 aliphatic rings. The van der Waals surface area contributed by atoms with Gasteiger partial charge in [-0.3, -0.25) is 13.7 Å². The van der Waals surface area contributed by atoms with Gasteiger partial charge in [0.15, 0.2) is 16.7 Å². The molecule has 31 aromatic rings. The highest BCUT2D eigenvalue weighted by molar-refractivity contribution is 7.28. The van der Waals surface area contributed by atoms with E-state index < -0.39 is 18.1 Å². The molecule has 0 fully saturated rings. The van der Waals surface area contributed by atoms with Gasteiger partial charge in [0.25, 0.3) is 0 Å². The standard InChI is InChI=1S/C44H25N3OS.2C38H21N3OS/c1-2-13-26(14-3-1)27-15-12-16-28(25-27)39-42-40(32-20-7-10-23-35(32)48-42)46-44(45-39)47-34-22-9-6-19-31(34)37-29-17-4-5-18-30(29)38-33-21-8-11-24-36(33)49-43(38)41(37)47;2*1-2-12-22(13-3-1)33-36-34(26-17-7-10-20-29(26)42-36)40-38(39-33)41-28-19-9-6-16-25(28)31-23-14-4-5-15-24(23)32-27-18-8-11-21-30(27)43-37(32)35(31)41/h1-25H;2*1-21H/i;1D,2D,3D,12D,13D;. The van der Waals surface area contributed by atoms with E-state index in [0.29, 0.717) is 40.1 Å². The normalized spacial score (nSPS) is 12.7. The second-order valence-corrected chi connectivity index (χ2v) is 37.2. The maximum atomic E-state index is 8.87. The minimum absolute atomic E-state index is 0.0352. The van der Waals surface area contributed by atoms with Gasteiger partial charge < -0.3 is 13.3 Å². The molecule has 0 aliphatic carbocycles. The molecule has 0 aliphatic heterocycles. The van der Waals surface area contributed by atoms with E-state index in [1.807, 2.05) is 120 Å². The summed E-state index contributed by atoms with van der Waals surface area (Å²) >= 11 is 5.41. The molecule has 0 amide bonds. The van der Waals surface area contributed by atoms with Gasteiger partial charge in [-0.1, -0.05) is 327 Å². The van der Waals surface area contributed by atoms with Gasteiger partial charge in [-0.15, -0.1) is 34.0 Å². The smallest absolute Gasteiger partial charge is 0.236 e. The van der Waals surface area contributed by atoms with Crippen molar-refractivity contribution in [1.29, 1.82) is 0 Å². The molecule has 12 heterocycles. The maximum absolute atomic E-state index is 8.87. The Morgan fingerprint density at radius 3 is 0.859 bits per heavy atom. The fourth-order valence-electron chi connectivity index (χ4n) is 21.0. The summed E-state index contributed by atoms with van der Waals surface area (Å²) in [5.74, 6) is 1.58. The molecule has 135 heavy (non-hydrogen) atoms. The van der Waals surface area contributed by atoms with Crippen LogP contribution in [0.4, 0.5) is 0 Å². The summed E-state index contributed by atoms with van der Waals surface area (Å²) in [6.07, 6.45) is 0. The van der Waals surface area contributed by atoms with Crippen LogP contribution in [0.5, 0.6) is 0 Å². The van der Waals surface area contributed by atoms with Gasteiger partial charge in [0.1, 0.15) is 50.4 Å². The molecule has 31 rings (SSSR count). The van der Waals surface area contributed by atoms with Crippen LogP contribution in [0.1, 0.15) is 6.85 Å². The Bertz CT molecular complexity index is 10800. The number of thiophene rings is 3. The van der Waals surface area contributed by atoms with Gasteiger partial charge in [0.05, 0.1) is 54.1 Å². The first kappa shape index (κ1) is 70.5. The number of hydrogen-bond donors (Lipinski definition) is 0. The number of furan rings is 3. The minimum atomic E-state index is -0.467.